The molecule has 7 rings (SSSR count). The zero-order valence-electron chi connectivity index (χ0n) is 38.9. The number of rotatable bonds is 4. The molecule has 0 saturated carbocycles. The second-order valence-electron chi connectivity index (χ2n) is 14.7. The second-order valence-corrected chi connectivity index (χ2v) is 14.7. The van der Waals surface area contributed by atoms with Gasteiger partial charge in [0.25, 0.3) is 0 Å². The zero-order chi connectivity index (χ0) is 40.8. The molecule has 0 spiro atoms. The number of para-hydroxylation sites is 4. The molecular formula is C48H68K4O7. The standard InChI is InChI=1S/4C9H12O.3C4H8O.4K/c4*1-7(2)8-5-3-4-6-9(8)10;3*1-2-4-5-3-1;;;;/h4*3-7,10H,1-2H3;3*1-4H2;;;;/q;;;;;;;4*+1/p-4. The van der Waals surface area contributed by atoms with E-state index in [1.165, 1.54) is 38.5 Å². The normalized spacial score (nSPS) is 13.1. The summed E-state index contributed by atoms with van der Waals surface area (Å²) in [5.41, 5.74) is 3.62. The van der Waals surface area contributed by atoms with Gasteiger partial charge in [-0.25, -0.2) is 0 Å². The first kappa shape index (κ1) is 68.1. The summed E-state index contributed by atoms with van der Waals surface area (Å²) < 4.78 is 14.8. The zero-order valence-corrected chi connectivity index (χ0v) is 51.4. The van der Waals surface area contributed by atoms with Crippen molar-refractivity contribution >= 4 is 0 Å². The van der Waals surface area contributed by atoms with Crippen LogP contribution in [0.15, 0.2) is 97.1 Å². The molecule has 0 aliphatic carbocycles. The van der Waals surface area contributed by atoms with Crippen LogP contribution in [-0.2, 0) is 14.2 Å². The number of ether oxygens (including phenoxy) is 3. The number of benzene rings is 4. The van der Waals surface area contributed by atoms with Crippen molar-refractivity contribution in [3.05, 3.63) is 119 Å². The van der Waals surface area contributed by atoms with Crippen LogP contribution in [0.4, 0.5) is 0 Å². The third kappa shape index (κ3) is 34.5. The number of hydrogen-bond donors (Lipinski definition) is 0. The van der Waals surface area contributed by atoms with Crippen molar-refractivity contribution in [3.63, 3.8) is 0 Å². The van der Waals surface area contributed by atoms with Crippen LogP contribution in [0.1, 0.15) is 140 Å². The van der Waals surface area contributed by atoms with E-state index in [9.17, 15) is 20.4 Å². The van der Waals surface area contributed by atoms with E-state index in [4.69, 9.17) is 14.2 Å². The van der Waals surface area contributed by atoms with Gasteiger partial charge in [0, 0.05) is 39.6 Å². The van der Waals surface area contributed by atoms with Gasteiger partial charge in [-0.05, 0) is 62.2 Å². The summed E-state index contributed by atoms with van der Waals surface area (Å²) in [6.45, 7) is 22.2. The van der Waals surface area contributed by atoms with Crippen LogP contribution >= 0.6 is 0 Å². The van der Waals surface area contributed by atoms with Gasteiger partial charge in [0.15, 0.2) is 0 Å². The third-order valence-corrected chi connectivity index (χ3v) is 8.65. The molecule has 3 heterocycles. The summed E-state index contributed by atoms with van der Waals surface area (Å²) in [4.78, 5) is 0. The molecule has 0 atom stereocenters. The van der Waals surface area contributed by atoms with Gasteiger partial charge in [-0.15, -0.1) is 23.0 Å². The molecule has 0 aromatic heterocycles. The van der Waals surface area contributed by atoms with Crippen molar-refractivity contribution in [2.24, 2.45) is 0 Å². The summed E-state index contributed by atoms with van der Waals surface area (Å²) in [5, 5.41) is 44.2. The molecule has 11 heteroatoms. The molecule has 7 nitrogen and oxygen atoms in total. The monoisotopic (exact) mass is 912 g/mol. The fraction of sp³-hybridized carbons (Fsp3) is 0.500. The summed E-state index contributed by atoms with van der Waals surface area (Å²) >= 11 is 0. The Morgan fingerprint density at radius 3 is 0.542 bits per heavy atom. The van der Waals surface area contributed by atoms with Crippen LogP contribution in [-0.4, -0.2) is 39.6 Å². The third-order valence-electron chi connectivity index (χ3n) is 8.65. The van der Waals surface area contributed by atoms with E-state index in [1.54, 1.807) is 48.5 Å². The van der Waals surface area contributed by atoms with Crippen LogP contribution in [0.2, 0.25) is 0 Å². The van der Waals surface area contributed by atoms with Crippen molar-refractivity contribution in [3.8, 4) is 23.0 Å². The van der Waals surface area contributed by atoms with Crippen LogP contribution in [0.5, 0.6) is 23.0 Å². The van der Waals surface area contributed by atoms with Gasteiger partial charge in [-0.3, -0.25) is 0 Å². The Morgan fingerprint density at radius 1 is 0.305 bits per heavy atom. The first-order valence-corrected chi connectivity index (χ1v) is 20.1. The van der Waals surface area contributed by atoms with Crippen molar-refractivity contribution in [1.29, 1.82) is 0 Å². The quantitative estimate of drug-likeness (QED) is 0.217. The van der Waals surface area contributed by atoms with Gasteiger partial charge < -0.3 is 34.6 Å². The first-order valence-electron chi connectivity index (χ1n) is 20.1. The molecule has 3 fully saturated rings. The molecule has 0 N–H and O–H groups in total. The number of hydrogen-bond acceptors (Lipinski definition) is 7. The van der Waals surface area contributed by atoms with E-state index < -0.39 is 0 Å². The Bertz CT molecular complexity index is 1280. The molecule has 59 heavy (non-hydrogen) atoms. The van der Waals surface area contributed by atoms with E-state index in [0.29, 0.717) is 23.7 Å². The van der Waals surface area contributed by atoms with Crippen LogP contribution in [0.25, 0.3) is 0 Å². The van der Waals surface area contributed by atoms with Gasteiger partial charge in [-0.2, -0.15) is 0 Å². The van der Waals surface area contributed by atoms with Gasteiger partial charge in [0.2, 0.25) is 0 Å². The molecule has 0 amide bonds. The topological polar surface area (TPSA) is 120 Å². The van der Waals surface area contributed by atoms with Gasteiger partial charge in [-0.1, -0.05) is 175 Å². The van der Waals surface area contributed by atoms with Crippen LogP contribution in [0, 0.1) is 0 Å². The smallest absolute Gasteiger partial charge is 0.872 e. The van der Waals surface area contributed by atoms with Crippen molar-refractivity contribution in [2.45, 2.75) is 118 Å². The molecular weight excluding hydrogens is 845 g/mol. The molecule has 3 aliphatic rings. The fourth-order valence-corrected chi connectivity index (χ4v) is 5.36. The largest absolute Gasteiger partial charge is 1.00 e. The molecule has 3 aliphatic heterocycles. The molecule has 3 saturated heterocycles. The molecule has 306 valence electrons. The first-order chi connectivity index (χ1) is 26.4. The van der Waals surface area contributed by atoms with Gasteiger partial charge in [0.1, 0.15) is 0 Å². The summed E-state index contributed by atoms with van der Waals surface area (Å²) in [5.74, 6) is 1.97. The SMILES string of the molecule is C1CCOC1.C1CCOC1.C1CCOC1.CC(C)c1ccccc1[O-].CC(C)c1ccccc1[O-].CC(C)c1ccccc1[O-].CC(C)c1ccccc1[O-].[K+].[K+].[K+].[K+]. The minimum Gasteiger partial charge on any atom is -0.872 e. The van der Waals surface area contributed by atoms with Crippen molar-refractivity contribution < 1.29 is 240 Å². The Kier molecular flexibility index (Phi) is 51.2. The van der Waals surface area contributed by atoms with Crippen molar-refractivity contribution in [1.82, 2.24) is 0 Å². The summed E-state index contributed by atoms with van der Waals surface area (Å²) in [7, 11) is 0. The van der Waals surface area contributed by atoms with Crippen molar-refractivity contribution in [2.75, 3.05) is 39.6 Å². The molecule has 4 aromatic carbocycles. The second kappa shape index (κ2) is 44.3. The van der Waals surface area contributed by atoms with E-state index >= 15 is 0 Å². The fourth-order valence-electron chi connectivity index (χ4n) is 5.36. The molecule has 0 radical (unpaired) electrons. The van der Waals surface area contributed by atoms with Crippen LogP contribution < -0.4 is 226 Å². The Balaban J connectivity index is -0.000000301. The maximum Gasteiger partial charge on any atom is 1.00 e. The van der Waals surface area contributed by atoms with E-state index in [-0.39, 0.29) is 229 Å². The summed E-state index contributed by atoms with van der Waals surface area (Å²) in [6.07, 6.45) is 7.67. The van der Waals surface area contributed by atoms with E-state index in [2.05, 4.69) is 0 Å². The summed E-state index contributed by atoms with van der Waals surface area (Å²) in [6, 6.07) is 28.6. The van der Waals surface area contributed by atoms with E-state index in [0.717, 1.165) is 61.9 Å². The maximum absolute atomic E-state index is 11.1. The van der Waals surface area contributed by atoms with Gasteiger partial charge >= 0.3 is 206 Å². The van der Waals surface area contributed by atoms with Crippen LogP contribution in [0.3, 0.4) is 0 Å². The average Bonchev–Trinajstić information content (AvgIpc) is 4.01. The maximum atomic E-state index is 11.1. The van der Waals surface area contributed by atoms with E-state index in [1.807, 2.05) is 104 Å². The predicted molar refractivity (Wildman–Crippen MR) is 220 cm³/mol. The molecule has 0 unspecified atom stereocenters. The minimum absolute atomic E-state index is 0. The molecule has 0 bridgehead atoms. The Hall–Kier alpha value is 2.51. The molecule has 4 aromatic rings. The minimum atomic E-state index is 0. The van der Waals surface area contributed by atoms with Gasteiger partial charge in [0.05, 0.1) is 0 Å². The Labute approximate surface area is 529 Å². The average molecular weight is 913 g/mol. The Morgan fingerprint density at radius 2 is 0.458 bits per heavy atom. The predicted octanol–water partition coefficient (Wildman–Crippen LogP) is -2.06.